The zero-order chi connectivity index (χ0) is 32.8. The number of likely N-dealkylation sites (tertiary alicyclic amines) is 1. The Morgan fingerprint density at radius 2 is 1.55 bits per heavy atom. The molecule has 0 unspecified atom stereocenters. The average molecular weight is 691 g/mol. The summed E-state index contributed by atoms with van der Waals surface area (Å²) in [5.41, 5.74) is 7.76. The van der Waals surface area contributed by atoms with Gasteiger partial charge in [0.1, 0.15) is 0 Å². The Bertz CT molecular complexity index is 1860. The second kappa shape index (κ2) is 15.4. The van der Waals surface area contributed by atoms with E-state index in [1.807, 2.05) is 54.6 Å². The highest BCUT2D eigenvalue weighted by atomic mass is 35.5. The number of rotatable bonds is 10. The molecule has 0 spiro atoms. The van der Waals surface area contributed by atoms with E-state index in [1.165, 1.54) is 49.7 Å². The predicted octanol–water partition coefficient (Wildman–Crippen LogP) is 6.74. The summed E-state index contributed by atoms with van der Waals surface area (Å²) in [6, 6.07) is 21.8. The Hall–Kier alpha value is -3.16. The maximum atomic E-state index is 12.5. The molecule has 0 atom stereocenters. The standard InChI is InChI=1S/C37H41Cl2N5O2S/c1-47(45,46)43-23-18-36-34(27-43)37(41-44(36)22-5-21-42-19-3-2-4-20-42)32-14-17-35(39)31(24-32)13-10-28-6-8-29(9-7-28)25-40-26-30-11-15-33(38)16-12-30/h6-9,11-12,14-17,24,40H,2-5,18-23,25-27H2,1H3. The SMILES string of the molecule is CS(=O)(=O)N1CCc2c(c(-c3ccc(Cl)c(C#Cc4ccc(CNCc5ccc(Cl)cc5)cc4)c3)nn2CCCN2CCCCC2)C1. The lowest BCUT2D eigenvalue weighted by molar-refractivity contribution is 0.221. The van der Waals surface area contributed by atoms with Crippen LogP contribution >= 0.6 is 23.2 Å². The van der Waals surface area contributed by atoms with E-state index in [2.05, 4.69) is 38.9 Å². The van der Waals surface area contributed by atoms with Crippen LogP contribution in [-0.2, 0) is 42.6 Å². The number of hydrogen-bond donors (Lipinski definition) is 1. The molecule has 0 saturated carbocycles. The number of aromatic nitrogens is 2. The van der Waals surface area contributed by atoms with Crippen LogP contribution in [0.1, 0.15) is 59.2 Å². The highest BCUT2D eigenvalue weighted by Crippen LogP contribution is 2.33. The fourth-order valence-corrected chi connectivity index (χ4v) is 7.44. The Labute approximate surface area is 288 Å². The van der Waals surface area contributed by atoms with Gasteiger partial charge in [0, 0.05) is 72.1 Å². The molecule has 10 heteroatoms. The van der Waals surface area contributed by atoms with E-state index in [4.69, 9.17) is 28.3 Å². The van der Waals surface area contributed by atoms with Gasteiger partial charge in [0.05, 0.1) is 17.0 Å². The van der Waals surface area contributed by atoms with E-state index < -0.39 is 10.0 Å². The van der Waals surface area contributed by atoms with Crippen molar-refractivity contribution in [1.82, 2.24) is 24.3 Å². The van der Waals surface area contributed by atoms with Gasteiger partial charge in [-0.05, 0) is 86.4 Å². The first-order valence-electron chi connectivity index (χ1n) is 16.3. The van der Waals surface area contributed by atoms with Gasteiger partial charge in [0.15, 0.2) is 0 Å². The topological polar surface area (TPSA) is 70.5 Å². The highest BCUT2D eigenvalue weighted by molar-refractivity contribution is 7.88. The van der Waals surface area contributed by atoms with Gasteiger partial charge in [-0.2, -0.15) is 9.40 Å². The molecule has 2 aliphatic heterocycles. The molecule has 3 aromatic carbocycles. The molecular weight excluding hydrogens is 649 g/mol. The summed E-state index contributed by atoms with van der Waals surface area (Å²) in [5, 5.41) is 9.85. The number of fused-ring (bicyclic) bond motifs is 1. The fourth-order valence-electron chi connectivity index (χ4n) is 6.36. The lowest BCUT2D eigenvalue weighted by Crippen LogP contribution is -2.35. The minimum absolute atomic E-state index is 0.320. The molecule has 6 rings (SSSR count). The second-order valence-corrected chi connectivity index (χ2v) is 15.3. The van der Waals surface area contributed by atoms with Gasteiger partial charge in [-0.3, -0.25) is 4.68 Å². The van der Waals surface area contributed by atoms with Gasteiger partial charge in [-0.1, -0.05) is 71.8 Å². The predicted molar refractivity (Wildman–Crippen MR) is 191 cm³/mol. The Morgan fingerprint density at radius 1 is 0.851 bits per heavy atom. The van der Waals surface area contributed by atoms with Crippen molar-refractivity contribution in [3.8, 4) is 23.1 Å². The number of nitrogens with zero attached hydrogens (tertiary/aromatic N) is 4. The molecule has 0 bridgehead atoms. The summed E-state index contributed by atoms with van der Waals surface area (Å²) >= 11 is 12.6. The van der Waals surface area contributed by atoms with Crippen LogP contribution in [0, 0.1) is 11.8 Å². The second-order valence-electron chi connectivity index (χ2n) is 12.5. The van der Waals surface area contributed by atoms with E-state index in [9.17, 15) is 8.42 Å². The van der Waals surface area contributed by atoms with Crippen LogP contribution in [0.5, 0.6) is 0 Å². The third kappa shape index (κ3) is 8.85. The number of sulfonamides is 1. The van der Waals surface area contributed by atoms with Crippen molar-refractivity contribution in [2.24, 2.45) is 0 Å². The first-order chi connectivity index (χ1) is 22.7. The van der Waals surface area contributed by atoms with Crippen molar-refractivity contribution in [3.63, 3.8) is 0 Å². The summed E-state index contributed by atoms with van der Waals surface area (Å²) in [7, 11) is -3.33. The first-order valence-corrected chi connectivity index (χ1v) is 19.0. The van der Waals surface area contributed by atoms with Crippen molar-refractivity contribution in [1.29, 1.82) is 0 Å². The van der Waals surface area contributed by atoms with Crippen LogP contribution < -0.4 is 5.32 Å². The molecule has 0 aliphatic carbocycles. The van der Waals surface area contributed by atoms with Crippen LogP contribution in [0.3, 0.4) is 0 Å². The van der Waals surface area contributed by atoms with Crippen LogP contribution in [-0.4, -0.2) is 59.8 Å². The van der Waals surface area contributed by atoms with E-state index in [1.54, 1.807) is 4.31 Å². The number of benzene rings is 3. The first kappa shape index (κ1) is 33.7. The van der Waals surface area contributed by atoms with Crippen molar-refractivity contribution < 1.29 is 8.42 Å². The quantitative estimate of drug-likeness (QED) is 0.187. The minimum atomic E-state index is -3.33. The molecule has 1 aromatic heterocycles. The summed E-state index contributed by atoms with van der Waals surface area (Å²) in [4.78, 5) is 2.54. The molecule has 1 fully saturated rings. The van der Waals surface area contributed by atoms with E-state index in [-0.39, 0.29) is 0 Å². The Balaban J connectivity index is 1.18. The zero-order valence-electron chi connectivity index (χ0n) is 26.8. The number of aryl methyl sites for hydroxylation is 1. The largest absolute Gasteiger partial charge is 0.309 e. The molecule has 1 N–H and O–H groups in total. The van der Waals surface area contributed by atoms with Gasteiger partial charge in [-0.15, -0.1) is 0 Å². The van der Waals surface area contributed by atoms with Crippen LogP contribution in [0.4, 0.5) is 0 Å². The molecule has 4 aromatic rings. The van der Waals surface area contributed by atoms with Crippen molar-refractivity contribution >= 4 is 33.2 Å². The minimum Gasteiger partial charge on any atom is -0.309 e. The lowest BCUT2D eigenvalue weighted by Gasteiger charge is -2.27. The number of piperidine rings is 1. The fraction of sp³-hybridized carbons (Fsp3) is 0.378. The molecule has 3 heterocycles. The number of nitrogens with one attached hydrogen (secondary N) is 1. The zero-order valence-corrected chi connectivity index (χ0v) is 29.1. The lowest BCUT2D eigenvalue weighted by atomic mass is 10.0. The Morgan fingerprint density at radius 3 is 2.26 bits per heavy atom. The third-order valence-corrected chi connectivity index (χ3v) is 10.8. The third-order valence-electron chi connectivity index (χ3n) is 8.97. The highest BCUT2D eigenvalue weighted by Gasteiger charge is 2.30. The van der Waals surface area contributed by atoms with Crippen molar-refractivity contribution in [2.45, 2.75) is 58.3 Å². The van der Waals surface area contributed by atoms with E-state index in [0.29, 0.717) is 30.1 Å². The number of halogens is 2. The van der Waals surface area contributed by atoms with Gasteiger partial charge in [0.2, 0.25) is 10.0 Å². The molecule has 2 aliphatic rings. The van der Waals surface area contributed by atoms with Crippen LogP contribution in [0.15, 0.2) is 66.7 Å². The van der Waals surface area contributed by atoms with Crippen LogP contribution in [0.2, 0.25) is 10.0 Å². The normalized spacial score (nSPS) is 15.6. The molecule has 1 saturated heterocycles. The number of hydrogen-bond acceptors (Lipinski definition) is 5. The molecule has 0 amide bonds. The molecular formula is C37H41Cl2N5O2S. The summed E-state index contributed by atoms with van der Waals surface area (Å²) in [5.74, 6) is 6.53. The maximum absolute atomic E-state index is 12.5. The summed E-state index contributed by atoms with van der Waals surface area (Å²) < 4.78 is 28.7. The van der Waals surface area contributed by atoms with Gasteiger partial charge in [-0.25, -0.2) is 8.42 Å². The van der Waals surface area contributed by atoms with Crippen LogP contribution in [0.25, 0.3) is 11.3 Å². The molecule has 47 heavy (non-hydrogen) atoms. The maximum Gasteiger partial charge on any atom is 0.211 e. The smallest absolute Gasteiger partial charge is 0.211 e. The molecule has 246 valence electrons. The van der Waals surface area contributed by atoms with E-state index >= 15 is 0 Å². The van der Waals surface area contributed by atoms with Gasteiger partial charge < -0.3 is 10.2 Å². The van der Waals surface area contributed by atoms with Crippen molar-refractivity contribution in [2.75, 3.05) is 32.4 Å². The monoisotopic (exact) mass is 689 g/mol. The molecule has 0 radical (unpaired) electrons. The Kier molecular flexibility index (Phi) is 11.0. The average Bonchev–Trinajstić information content (AvgIpc) is 3.44. The summed E-state index contributed by atoms with van der Waals surface area (Å²) in [6.07, 6.45) is 6.82. The van der Waals surface area contributed by atoms with Gasteiger partial charge in [0.25, 0.3) is 0 Å². The van der Waals surface area contributed by atoms with Crippen molar-refractivity contribution in [3.05, 3.63) is 110 Å². The van der Waals surface area contributed by atoms with E-state index in [0.717, 1.165) is 65.7 Å². The summed E-state index contributed by atoms with van der Waals surface area (Å²) in [6.45, 7) is 6.51. The molecule has 7 nitrogen and oxygen atoms in total. The van der Waals surface area contributed by atoms with Gasteiger partial charge >= 0.3 is 0 Å².